The van der Waals surface area contributed by atoms with Crippen LogP contribution in [0.15, 0.2) is 17.5 Å². The van der Waals surface area contributed by atoms with Crippen LogP contribution in [0.5, 0.6) is 0 Å². The minimum atomic E-state index is -0.0612. The minimum Gasteiger partial charge on any atom is -0.320 e. The number of carbonyl (C=O) groups excluding carboxylic acids is 1. The lowest BCUT2D eigenvalue weighted by Crippen LogP contribution is -2.32. The van der Waals surface area contributed by atoms with Crippen LogP contribution in [0, 0.1) is 0 Å². The van der Waals surface area contributed by atoms with Crippen molar-refractivity contribution in [2.45, 2.75) is 19.1 Å². The molecule has 1 N–H and O–H groups in total. The van der Waals surface area contributed by atoms with Gasteiger partial charge in [-0.1, -0.05) is 6.07 Å². The van der Waals surface area contributed by atoms with Crippen molar-refractivity contribution in [2.75, 3.05) is 18.6 Å². The summed E-state index contributed by atoms with van der Waals surface area (Å²) in [4.78, 5) is 15.1. The molecular weight excluding hydrogens is 240 g/mol. The molecule has 2 atom stereocenters. The van der Waals surface area contributed by atoms with Crippen LogP contribution in [-0.2, 0) is 4.79 Å². The fourth-order valence-electron chi connectivity index (χ4n) is 1.89. The number of thioether (sulfide) groups is 1. The van der Waals surface area contributed by atoms with Crippen molar-refractivity contribution in [1.82, 2.24) is 10.2 Å². The molecule has 3 nitrogen and oxygen atoms in total. The lowest BCUT2D eigenvalue weighted by atomic mass is 10.3. The molecule has 88 valence electrons. The van der Waals surface area contributed by atoms with Gasteiger partial charge in [0.25, 0.3) is 0 Å². The number of thiophene rings is 1. The number of carbonyl (C=O) groups is 1. The first-order chi connectivity index (χ1) is 7.74. The number of nitrogens with one attached hydrogen (secondary N) is 1. The summed E-state index contributed by atoms with van der Waals surface area (Å²) in [5.74, 6) is 1.20. The van der Waals surface area contributed by atoms with Gasteiger partial charge in [-0.3, -0.25) is 10.1 Å². The fourth-order valence-corrected chi connectivity index (χ4v) is 3.06. The largest absolute Gasteiger partial charge is 0.320 e. The number of nitrogens with zero attached hydrogens (tertiary/aromatic N) is 1. The molecule has 0 bridgehead atoms. The first-order valence-electron chi connectivity index (χ1n) is 5.33. The Hall–Kier alpha value is -0.520. The Bertz CT molecular complexity index is 353. The van der Waals surface area contributed by atoms with Crippen LogP contribution >= 0.6 is 23.1 Å². The maximum Gasteiger partial charge on any atom is 0.241 e. The molecule has 0 spiro atoms. The summed E-state index contributed by atoms with van der Waals surface area (Å²) in [6.07, 6.45) is 2.15. The highest BCUT2D eigenvalue weighted by molar-refractivity contribution is 7.98. The molecule has 5 heteroatoms. The van der Waals surface area contributed by atoms with Crippen molar-refractivity contribution in [3.8, 4) is 0 Å². The van der Waals surface area contributed by atoms with Crippen LogP contribution in [-0.4, -0.2) is 35.4 Å². The average molecular weight is 256 g/mol. The van der Waals surface area contributed by atoms with Crippen molar-refractivity contribution in [1.29, 1.82) is 0 Å². The highest BCUT2D eigenvalue weighted by Crippen LogP contribution is 2.28. The van der Waals surface area contributed by atoms with E-state index in [0.717, 1.165) is 12.3 Å². The Morgan fingerprint density at radius 1 is 1.62 bits per heavy atom. The van der Waals surface area contributed by atoms with E-state index in [-0.39, 0.29) is 18.1 Å². The number of hydrogen-bond acceptors (Lipinski definition) is 4. The van der Waals surface area contributed by atoms with E-state index in [9.17, 15) is 4.79 Å². The van der Waals surface area contributed by atoms with E-state index in [4.69, 9.17) is 0 Å². The second-order valence-electron chi connectivity index (χ2n) is 3.83. The van der Waals surface area contributed by atoms with Crippen LogP contribution in [0.25, 0.3) is 0 Å². The zero-order chi connectivity index (χ0) is 11.5. The van der Waals surface area contributed by atoms with E-state index in [1.54, 1.807) is 23.1 Å². The molecule has 16 heavy (non-hydrogen) atoms. The lowest BCUT2D eigenvalue weighted by molar-refractivity contribution is -0.129. The average Bonchev–Trinajstić information content (AvgIpc) is 2.87. The van der Waals surface area contributed by atoms with Crippen LogP contribution in [0.2, 0.25) is 0 Å². The summed E-state index contributed by atoms with van der Waals surface area (Å²) in [5.41, 5.74) is 0. The fraction of sp³-hybridized carbons (Fsp3) is 0.545. The van der Waals surface area contributed by atoms with Gasteiger partial charge >= 0.3 is 0 Å². The molecule has 0 radical (unpaired) electrons. The van der Waals surface area contributed by atoms with E-state index in [1.807, 2.05) is 17.9 Å². The summed E-state index contributed by atoms with van der Waals surface area (Å²) in [5, 5.41) is 5.40. The topological polar surface area (TPSA) is 32.3 Å². The van der Waals surface area contributed by atoms with Crippen molar-refractivity contribution >= 4 is 29.0 Å². The Labute approximate surface area is 104 Å². The van der Waals surface area contributed by atoms with Gasteiger partial charge in [0.1, 0.15) is 6.17 Å². The first kappa shape index (κ1) is 12.0. The van der Waals surface area contributed by atoms with Gasteiger partial charge in [0, 0.05) is 17.2 Å². The summed E-state index contributed by atoms with van der Waals surface area (Å²) in [6.45, 7) is 2.75. The SMILES string of the molecule is CSCCN1C(=O)C(C)NC1c1cccs1. The van der Waals surface area contributed by atoms with Gasteiger partial charge < -0.3 is 4.90 Å². The first-order valence-corrected chi connectivity index (χ1v) is 7.60. The molecule has 1 fully saturated rings. The Balaban J connectivity index is 2.13. The predicted molar refractivity (Wildman–Crippen MR) is 69.8 cm³/mol. The summed E-state index contributed by atoms with van der Waals surface area (Å²) >= 11 is 3.47. The maximum absolute atomic E-state index is 12.0. The monoisotopic (exact) mass is 256 g/mol. The molecule has 2 unspecified atom stereocenters. The molecule has 1 aliphatic heterocycles. The van der Waals surface area contributed by atoms with Gasteiger partial charge in [0.2, 0.25) is 5.91 Å². The second-order valence-corrected chi connectivity index (χ2v) is 5.80. The smallest absolute Gasteiger partial charge is 0.241 e. The molecule has 0 aliphatic carbocycles. The van der Waals surface area contributed by atoms with Gasteiger partial charge in [0.15, 0.2) is 0 Å². The van der Waals surface area contributed by atoms with Crippen molar-refractivity contribution in [3.05, 3.63) is 22.4 Å². The quantitative estimate of drug-likeness (QED) is 0.893. The van der Waals surface area contributed by atoms with Crippen LogP contribution in [0.4, 0.5) is 0 Å². The molecule has 2 heterocycles. The Kier molecular flexibility index (Phi) is 3.89. The normalized spacial score (nSPS) is 25.4. The van der Waals surface area contributed by atoms with E-state index in [1.165, 1.54) is 4.88 Å². The Morgan fingerprint density at radius 3 is 3.06 bits per heavy atom. The van der Waals surface area contributed by atoms with E-state index in [0.29, 0.717) is 0 Å². The van der Waals surface area contributed by atoms with Gasteiger partial charge in [-0.05, 0) is 24.6 Å². The molecule has 1 aromatic heterocycles. The third-order valence-corrected chi connectivity index (χ3v) is 4.24. The molecule has 1 aliphatic rings. The number of hydrogen-bond donors (Lipinski definition) is 1. The van der Waals surface area contributed by atoms with Crippen molar-refractivity contribution in [3.63, 3.8) is 0 Å². The zero-order valence-corrected chi connectivity index (χ0v) is 11.1. The molecule has 1 saturated heterocycles. The summed E-state index contributed by atoms with van der Waals surface area (Å²) < 4.78 is 0. The maximum atomic E-state index is 12.0. The van der Waals surface area contributed by atoms with Crippen LogP contribution in [0.1, 0.15) is 18.0 Å². The molecule has 0 saturated carbocycles. The highest BCUT2D eigenvalue weighted by atomic mass is 32.2. The van der Waals surface area contributed by atoms with Crippen molar-refractivity contribution < 1.29 is 4.79 Å². The van der Waals surface area contributed by atoms with Gasteiger partial charge in [0.05, 0.1) is 6.04 Å². The summed E-state index contributed by atoms with van der Waals surface area (Å²) in [7, 11) is 0. The van der Waals surface area contributed by atoms with Crippen LogP contribution < -0.4 is 5.32 Å². The van der Waals surface area contributed by atoms with Gasteiger partial charge in [-0.25, -0.2) is 0 Å². The minimum absolute atomic E-state index is 0.0612. The van der Waals surface area contributed by atoms with E-state index in [2.05, 4.69) is 23.0 Å². The zero-order valence-electron chi connectivity index (χ0n) is 9.47. The molecular formula is C11H16N2OS2. The summed E-state index contributed by atoms with van der Waals surface area (Å²) in [6, 6.07) is 4.05. The lowest BCUT2D eigenvalue weighted by Gasteiger charge is -2.22. The molecule has 0 aromatic carbocycles. The Morgan fingerprint density at radius 2 is 2.44 bits per heavy atom. The number of amides is 1. The third kappa shape index (κ3) is 2.26. The van der Waals surface area contributed by atoms with E-state index >= 15 is 0 Å². The standard InChI is InChI=1S/C11H16N2OS2/c1-8-11(14)13(5-7-15-2)10(12-8)9-4-3-6-16-9/h3-4,6,8,10,12H,5,7H2,1-2H3. The van der Waals surface area contributed by atoms with E-state index < -0.39 is 0 Å². The molecule has 1 amide bonds. The number of rotatable bonds is 4. The van der Waals surface area contributed by atoms with Gasteiger partial charge in [-0.2, -0.15) is 11.8 Å². The molecule has 1 aromatic rings. The predicted octanol–water partition coefficient (Wildman–Crippen LogP) is 1.93. The third-order valence-electron chi connectivity index (χ3n) is 2.72. The molecule has 2 rings (SSSR count). The van der Waals surface area contributed by atoms with Crippen molar-refractivity contribution in [2.24, 2.45) is 0 Å². The van der Waals surface area contributed by atoms with Gasteiger partial charge in [-0.15, -0.1) is 11.3 Å². The van der Waals surface area contributed by atoms with Crippen LogP contribution in [0.3, 0.4) is 0 Å². The highest BCUT2D eigenvalue weighted by Gasteiger charge is 2.36. The second kappa shape index (κ2) is 5.21.